The van der Waals surface area contributed by atoms with Crippen molar-refractivity contribution in [2.24, 2.45) is 11.3 Å². The molecular weight excluding hydrogens is 283 g/mol. The second kappa shape index (κ2) is 6.34. The minimum absolute atomic E-state index is 0.0479. The van der Waals surface area contributed by atoms with Gasteiger partial charge in [-0.2, -0.15) is 13.2 Å². The van der Waals surface area contributed by atoms with Crippen molar-refractivity contribution in [1.82, 2.24) is 5.32 Å². The number of amides is 1. The first-order valence-electron chi connectivity index (χ1n) is 6.57. The lowest BCUT2D eigenvalue weighted by Crippen LogP contribution is -2.33. The first-order valence-corrected chi connectivity index (χ1v) is 6.57. The van der Waals surface area contributed by atoms with E-state index in [1.807, 2.05) is 26.2 Å². The summed E-state index contributed by atoms with van der Waals surface area (Å²) < 4.78 is 38.6. The molecule has 0 fully saturated rings. The van der Waals surface area contributed by atoms with E-state index in [2.05, 4.69) is 5.32 Å². The average molecular weight is 303 g/mol. The number of nitrogens with two attached hydrogens (primary N) is 1. The van der Waals surface area contributed by atoms with Crippen LogP contribution >= 0.6 is 0 Å². The molecule has 1 aromatic rings. The van der Waals surface area contributed by atoms with Gasteiger partial charge >= 0.3 is 6.18 Å². The Balaban J connectivity index is 2.96. The second-order valence-electron chi connectivity index (χ2n) is 5.60. The number of rotatable bonds is 5. The summed E-state index contributed by atoms with van der Waals surface area (Å²) in [7, 11) is 0. The molecule has 0 unspecified atom stereocenters. The molecule has 0 bridgehead atoms. The number of alkyl halides is 3. The van der Waals surface area contributed by atoms with E-state index in [0.717, 1.165) is 18.6 Å². The minimum atomic E-state index is -4.58. The summed E-state index contributed by atoms with van der Waals surface area (Å²) >= 11 is 0. The van der Waals surface area contributed by atoms with Crippen molar-refractivity contribution in [2.75, 3.05) is 12.0 Å². The van der Waals surface area contributed by atoms with Crippen molar-refractivity contribution >= 4 is 11.6 Å². The zero-order valence-corrected chi connectivity index (χ0v) is 12.3. The van der Waals surface area contributed by atoms with Gasteiger partial charge in [0.1, 0.15) is 0 Å². The van der Waals surface area contributed by atoms with Gasteiger partial charge in [0.25, 0.3) is 5.91 Å². The molecule has 0 aliphatic rings. The van der Waals surface area contributed by atoms with Gasteiger partial charge < -0.3 is 10.7 Å². The molecule has 1 aromatic carbocycles. The smallest absolute Gasteiger partial charge is 0.352 e. The maximum atomic E-state index is 12.9. The van der Waals surface area contributed by atoms with Crippen LogP contribution < -0.4 is 16.6 Å². The summed E-state index contributed by atoms with van der Waals surface area (Å²) in [6, 6.07) is 3.24. The third kappa shape index (κ3) is 4.63. The maximum absolute atomic E-state index is 12.9. The summed E-state index contributed by atoms with van der Waals surface area (Å²) in [5, 5.41) is 2.65. The molecule has 0 saturated heterocycles. The quantitative estimate of drug-likeness (QED) is 0.578. The SMILES string of the molecule is CCC(C)(C)CNC(=O)c1ccc(NN)c(C(F)(F)F)c1. The standard InChI is InChI=1S/C14H20F3N3O/c1-4-13(2,3)8-19-12(21)9-5-6-11(20-18)10(7-9)14(15,16)17/h5-7,20H,4,8,18H2,1-3H3,(H,19,21). The highest BCUT2D eigenvalue weighted by atomic mass is 19.4. The van der Waals surface area contributed by atoms with Gasteiger partial charge in [-0.05, 0) is 30.0 Å². The molecule has 1 rings (SSSR count). The highest BCUT2D eigenvalue weighted by Gasteiger charge is 2.34. The van der Waals surface area contributed by atoms with E-state index in [1.165, 1.54) is 6.07 Å². The van der Waals surface area contributed by atoms with Crippen molar-refractivity contribution in [3.8, 4) is 0 Å². The number of hydrogen-bond donors (Lipinski definition) is 3. The number of anilines is 1. The van der Waals surface area contributed by atoms with Gasteiger partial charge in [-0.1, -0.05) is 20.8 Å². The van der Waals surface area contributed by atoms with Gasteiger partial charge in [0.05, 0.1) is 11.3 Å². The summed E-state index contributed by atoms with van der Waals surface area (Å²) in [6.45, 7) is 6.31. The molecule has 4 nitrogen and oxygen atoms in total. The third-order valence-corrected chi connectivity index (χ3v) is 3.43. The largest absolute Gasteiger partial charge is 0.418 e. The topological polar surface area (TPSA) is 67.2 Å². The molecule has 1 amide bonds. The van der Waals surface area contributed by atoms with Crippen LogP contribution in [0.4, 0.5) is 18.9 Å². The first kappa shape index (κ1) is 17.3. The van der Waals surface area contributed by atoms with E-state index in [-0.39, 0.29) is 16.7 Å². The molecule has 0 aliphatic heterocycles. The fraction of sp³-hybridized carbons (Fsp3) is 0.500. The zero-order chi connectivity index (χ0) is 16.3. The molecular formula is C14H20F3N3O. The molecule has 118 valence electrons. The molecule has 0 atom stereocenters. The van der Waals surface area contributed by atoms with Gasteiger partial charge in [-0.25, -0.2) is 0 Å². The van der Waals surface area contributed by atoms with Crippen LogP contribution in [-0.4, -0.2) is 12.5 Å². The Kier molecular flexibility index (Phi) is 5.22. The zero-order valence-electron chi connectivity index (χ0n) is 12.3. The third-order valence-electron chi connectivity index (χ3n) is 3.43. The Bertz CT molecular complexity index is 513. The summed E-state index contributed by atoms with van der Waals surface area (Å²) in [5.74, 6) is 4.52. The van der Waals surface area contributed by atoms with E-state index < -0.39 is 17.6 Å². The predicted molar refractivity (Wildman–Crippen MR) is 75.7 cm³/mol. The van der Waals surface area contributed by atoms with E-state index in [1.54, 1.807) is 0 Å². The summed E-state index contributed by atoms with van der Waals surface area (Å²) in [5.41, 5.74) is 0.588. The monoisotopic (exact) mass is 303 g/mol. The average Bonchev–Trinajstić information content (AvgIpc) is 2.43. The lowest BCUT2D eigenvalue weighted by molar-refractivity contribution is -0.137. The molecule has 0 aromatic heterocycles. The number of hydrogen-bond acceptors (Lipinski definition) is 3. The highest BCUT2D eigenvalue weighted by Crippen LogP contribution is 2.35. The van der Waals surface area contributed by atoms with Crippen molar-refractivity contribution < 1.29 is 18.0 Å². The predicted octanol–water partition coefficient (Wildman–Crippen LogP) is 3.16. The molecule has 0 radical (unpaired) electrons. The summed E-state index contributed by atoms with van der Waals surface area (Å²) in [4.78, 5) is 12.0. The molecule has 21 heavy (non-hydrogen) atoms. The fourth-order valence-corrected chi connectivity index (χ4v) is 1.59. The molecule has 7 heteroatoms. The minimum Gasteiger partial charge on any atom is -0.352 e. The Labute approximate surface area is 121 Å². The Morgan fingerprint density at radius 3 is 2.38 bits per heavy atom. The van der Waals surface area contributed by atoms with Crippen LogP contribution in [0.15, 0.2) is 18.2 Å². The van der Waals surface area contributed by atoms with Gasteiger partial charge in [0.15, 0.2) is 0 Å². The fourth-order valence-electron chi connectivity index (χ4n) is 1.59. The number of carbonyl (C=O) groups excluding carboxylic acids is 1. The number of nitrogen functional groups attached to an aromatic ring is 1. The Morgan fingerprint density at radius 1 is 1.29 bits per heavy atom. The summed E-state index contributed by atoms with van der Waals surface area (Å²) in [6.07, 6.45) is -3.74. The molecule has 4 N–H and O–H groups in total. The Hall–Kier alpha value is -1.76. The maximum Gasteiger partial charge on any atom is 0.418 e. The normalized spacial score (nSPS) is 12.1. The number of benzene rings is 1. The van der Waals surface area contributed by atoms with E-state index in [4.69, 9.17) is 5.84 Å². The lowest BCUT2D eigenvalue weighted by Gasteiger charge is -2.23. The van der Waals surface area contributed by atoms with E-state index in [9.17, 15) is 18.0 Å². The number of hydrazine groups is 1. The van der Waals surface area contributed by atoms with Crippen LogP contribution in [0.1, 0.15) is 43.1 Å². The number of halogens is 3. The van der Waals surface area contributed by atoms with Crippen molar-refractivity contribution in [3.63, 3.8) is 0 Å². The second-order valence-corrected chi connectivity index (χ2v) is 5.60. The van der Waals surface area contributed by atoms with E-state index in [0.29, 0.717) is 6.54 Å². The van der Waals surface area contributed by atoms with Gasteiger partial charge in [-0.15, -0.1) is 0 Å². The van der Waals surface area contributed by atoms with Crippen LogP contribution in [0.3, 0.4) is 0 Å². The van der Waals surface area contributed by atoms with Crippen molar-refractivity contribution in [2.45, 2.75) is 33.4 Å². The molecule has 0 saturated carbocycles. The molecule has 0 aliphatic carbocycles. The van der Waals surface area contributed by atoms with Crippen molar-refractivity contribution in [3.05, 3.63) is 29.3 Å². The van der Waals surface area contributed by atoms with Crippen LogP contribution in [-0.2, 0) is 6.18 Å². The van der Waals surface area contributed by atoms with Crippen LogP contribution in [0.5, 0.6) is 0 Å². The highest BCUT2D eigenvalue weighted by molar-refractivity contribution is 5.95. The lowest BCUT2D eigenvalue weighted by atomic mass is 9.90. The van der Waals surface area contributed by atoms with Gasteiger partial charge in [-0.3, -0.25) is 10.6 Å². The van der Waals surface area contributed by atoms with Crippen LogP contribution in [0.25, 0.3) is 0 Å². The van der Waals surface area contributed by atoms with Crippen LogP contribution in [0.2, 0.25) is 0 Å². The van der Waals surface area contributed by atoms with Crippen molar-refractivity contribution in [1.29, 1.82) is 0 Å². The molecule has 0 spiro atoms. The number of nitrogens with one attached hydrogen (secondary N) is 2. The molecule has 0 heterocycles. The van der Waals surface area contributed by atoms with Crippen LogP contribution in [0, 0.1) is 5.41 Å². The van der Waals surface area contributed by atoms with Gasteiger partial charge in [0, 0.05) is 12.1 Å². The van der Waals surface area contributed by atoms with E-state index >= 15 is 0 Å². The number of carbonyl (C=O) groups is 1. The van der Waals surface area contributed by atoms with Gasteiger partial charge in [0.2, 0.25) is 0 Å². The first-order chi connectivity index (χ1) is 9.60. The Morgan fingerprint density at radius 2 is 1.90 bits per heavy atom.